The molecule has 0 radical (unpaired) electrons. The molecule has 0 saturated carbocycles. The number of hydrogen-bond donors (Lipinski definition) is 3. The van der Waals surface area contributed by atoms with Gasteiger partial charge in [-0.15, -0.1) is 0 Å². The molecule has 0 unspecified atom stereocenters. The molecule has 4 N–H and O–H groups in total. The van der Waals surface area contributed by atoms with Crippen molar-refractivity contribution in [3.8, 4) is 0 Å². The molecule has 0 spiro atoms. The van der Waals surface area contributed by atoms with Crippen LogP contribution in [0.5, 0.6) is 0 Å². The molecule has 19 heavy (non-hydrogen) atoms. The third kappa shape index (κ3) is 5.87. The Morgan fingerprint density at radius 1 is 1.53 bits per heavy atom. The second kappa shape index (κ2) is 7.94. The van der Waals surface area contributed by atoms with Crippen molar-refractivity contribution in [1.82, 2.24) is 10.2 Å². The molecule has 5 nitrogen and oxygen atoms in total. The maximum Gasteiger partial charge on any atom is 0.225 e. The summed E-state index contributed by atoms with van der Waals surface area (Å²) in [7, 11) is 0. The highest BCUT2D eigenvalue weighted by Gasteiger charge is 2.15. The smallest absolute Gasteiger partial charge is 0.225 e. The minimum absolute atomic E-state index is 0.00866. The Labute approximate surface area is 115 Å². The van der Waals surface area contributed by atoms with Crippen LogP contribution in [0.25, 0.3) is 0 Å². The van der Waals surface area contributed by atoms with Crippen LogP contribution in [0.1, 0.15) is 45.7 Å². The number of aryl methyl sites for hydroxylation is 1. The van der Waals surface area contributed by atoms with E-state index in [0.717, 1.165) is 25.0 Å². The van der Waals surface area contributed by atoms with Crippen LogP contribution < -0.4 is 11.1 Å². The van der Waals surface area contributed by atoms with Crippen LogP contribution in [0.3, 0.4) is 0 Å². The Balaban J connectivity index is 2.44. The number of H-pyrrole nitrogens is 1. The van der Waals surface area contributed by atoms with Crippen molar-refractivity contribution in [3.63, 3.8) is 0 Å². The number of carbonyl (C=O) groups excluding carboxylic acids is 1. The molecule has 1 aromatic rings. The van der Waals surface area contributed by atoms with E-state index in [1.54, 1.807) is 0 Å². The molecule has 0 aliphatic carbocycles. The molecule has 0 aliphatic heterocycles. The van der Waals surface area contributed by atoms with E-state index in [1.165, 1.54) is 0 Å². The number of aromatic amines is 1. The maximum atomic E-state index is 11.9. The van der Waals surface area contributed by atoms with Crippen molar-refractivity contribution >= 4 is 11.7 Å². The van der Waals surface area contributed by atoms with Gasteiger partial charge in [-0.05, 0) is 31.2 Å². The van der Waals surface area contributed by atoms with E-state index < -0.39 is 0 Å². The van der Waals surface area contributed by atoms with Crippen LogP contribution in [0.2, 0.25) is 0 Å². The second-order valence-electron chi connectivity index (χ2n) is 5.51. The summed E-state index contributed by atoms with van der Waals surface area (Å²) in [6.45, 7) is 6.95. The van der Waals surface area contributed by atoms with Crippen molar-refractivity contribution in [3.05, 3.63) is 11.8 Å². The lowest BCUT2D eigenvalue weighted by atomic mass is 9.94. The third-order valence-electron chi connectivity index (χ3n) is 3.03. The Kier molecular flexibility index (Phi) is 6.56. The van der Waals surface area contributed by atoms with E-state index >= 15 is 0 Å². The first-order chi connectivity index (χ1) is 9.05. The number of aromatic nitrogens is 2. The molecule has 1 atom stereocenters. The van der Waals surface area contributed by atoms with Gasteiger partial charge in [0, 0.05) is 18.2 Å². The molecule has 0 fully saturated rings. The van der Waals surface area contributed by atoms with Gasteiger partial charge in [-0.3, -0.25) is 9.89 Å². The molecule has 1 rings (SSSR count). The number of rotatable bonds is 8. The number of nitrogens with zero attached hydrogens (tertiary/aromatic N) is 1. The van der Waals surface area contributed by atoms with Gasteiger partial charge in [0.15, 0.2) is 5.82 Å². The number of anilines is 1. The lowest BCUT2D eigenvalue weighted by Crippen LogP contribution is -2.23. The van der Waals surface area contributed by atoms with Gasteiger partial charge in [0.25, 0.3) is 0 Å². The van der Waals surface area contributed by atoms with E-state index in [2.05, 4.69) is 36.3 Å². The molecule has 0 bridgehead atoms. The summed E-state index contributed by atoms with van der Waals surface area (Å²) in [5.41, 5.74) is 6.76. The average molecular weight is 266 g/mol. The van der Waals surface area contributed by atoms with E-state index in [1.807, 2.05) is 6.07 Å². The van der Waals surface area contributed by atoms with Gasteiger partial charge < -0.3 is 11.1 Å². The Morgan fingerprint density at radius 3 is 2.84 bits per heavy atom. The normalized spacial score (nSPS) is 12.7. The summed E-state index contributed by atoms with van der Waals surface area (Å²) in [6.07, 6.45) is 3.44. The minimum Gasteiger partial charge on any atom is -0.330 e. The standard InChI is InChI=1S/C14H26N4O/c1-4-5-12-8-13(18-17-12)16-14(19)7-11(9-15)6-10(2)3/h8,10-11H,4-7,9,15H2,1-3H3,(H2,16,17,18,19)/t11-/m0/s1. The minimum atomic E-state index is -0.00866. The molecular formula is C14H26N4O. The second-order valence-corrected chi connectivity index (χ2v) is 5.51. The molecule has 108 valence electrons. The lowest BCUT2D eigenvalue weighted by molar-refractivity contribution is -0.117. The number of hydrogen-bond acceptors (Lipinski definition) is 3. The van der Waals surface area contributed by atoms with Crippen molar-refractivity contribution in [1.29, 1.82) is 0 Å². The first kappa shape index (κ1) is 15.7. The van der Waals surface area contributed by atoms with E-state index in [0.29, 0.717) is 24.7 Å². The monoisotopic (exact) mass is 266 g/mol. The number of nitrogens with two attached hydrogens (primary N) is 1. The number of carbonyl (C=O) groups is 1. The zero-order valence-corrected chi connectivity index (χ0v) is 12.2. The van der Waals surface area contributed by atoms with Gasteiger partial charge in [-0.2, -0.15) is 5.10 Å². The molecule has 0 aliphatic rings. The SMILES string of the molecule is CCCc1cc(NC(=O)C[C@@H](CN)CC(C)C)n[nH]1. The predicted octanol–water partition coefficient (Wildman–Crippen LogP) is 2.31. The predicted molar refractivity (Wildman–Crippen MR) is 77.8 cm³/mol. The van der Waals surface area contributed by atoms with Gasteiger partial charge >= 0.3 is 0 Å². The molecule has 0 aromatic carbocycles. The Morgan fingerprint density at radius 2 is 2.26 bits per heavy atom. The highest BCUT2D eigenvalue weighted by molar-refractivity contribution is 5.89. The Bertz CT molecular complexity index is 387. The zero-order valence-electron chi connectivity index (χ0n) is 12.2. The maximum absolute atomic E-state index is 11.9. The fourth-order valence-corrected chi connectivity index (χ4v) is 2.21. The fourth-order valence-electron chi connectivity index (χ4n) is 2.21. The zero-order chi connectivity index (χ0) is 14.3. The summed E-state index contributed by atoms with van der Waals surface area (Å²) >= 11 is 0. The van der Waals surface area contributed by atoms with Crippen LogP contribution in [-0.4, -0.2) is 22.6 Å². The first-order valence-electron chi connectivity index (χ1n) is 7.09. The van der Waals surface area contributed by atoms with Gasteiger partial charge in [0.2, 0.25) is 5.91 Å². The Hall–Kier alpha value is -1.36. The highest BCUT2D eigenvalue weighted by atomic mass is 16.1. The summed E-state index contributed by atoms with van der Waals surface area (Å²) in [4.78, 5) is 11.9. The fraction of sp³-hybridized carbons (Fsp3) is 0.714. The van der Waals surface area contributed by atoms with Gasteiger partial charge in [0.1, 0.15) is 0 Å². The quantitative estimate of drug-likeness (QED) is 0.675. The van der Waals surface area contributed by atoms with Crippen molar-refractivity contribution in [2.45, 2.75) is 46.5 Å². The van der Waals surface area contributed by atoms with Gasteiger partial charge in [-0.25, -0.2) is 0 Å². The average Bonchev–Trinajstić information content (AvgIpc) is 2.75. The van der Waals surface area contributed by atoms with Crippen molar-refractivity contribution < 1.29 is 4.79 Å². The summed E-state index contributed by atoms with van der Waals surface area (Å²) < 4.78 is 0. The van der Waals surface area contributed by atoms with Crippen LogP contribution in [0.15, 0.2) is 6.07 Å². The van der Waals surface area contributed by atoms with Crippen LogP contribution >= 0.6 is 0 Å². The van der Waals surface area contributed by atoms with Gasteiger partial charge in [0.05, 0.1) is 0 Å². The molecule has 1 aromatic heterocycles. The van der Waals surface area contributed by atoms with Gasteiger partial charge in [-0.1, -0.05) is 27.2 Å². The number of nitrogens with one attached hydrogen (secondary N) is 2. The molecule has 1 heterocycles. The van der Waals surface area contributed by atoms with E-state index in [9.17, 15) is 4.79 Å². The summed E-state index contributed by atoms with van der Waals surface area (Å²) in [5.74, 6) is 1.40. The van der Waals surface area contributed by atoms with Crippen LogP contribution in [-0.2, 0) is 11.2 Å². The van der Waals surface area contributed by atoms with Crippen LogP contribution in [0.4, 0.5) is 5.82 Å². The first-order valence-corrected chi connectivity index (χ1v) is 7.09. The topological polar surface area (TPSA) is 83.8 Å². The largest absolute Gasteiger partial charge is 0.330 e. The summed E-state index contributed by atoms with van der Waals surface area (Å²) in [5, 5.41) is 9.82. The van der Waals surface area contributed by atoms with Crippen molar-refractivity contribution in [2.24, 2.45) is 17.6 Å². The number of amides is 1. The van der Waals surface area contributed by atoms with Crippen molar-refractivity contribution in [2.75, 3.05) is 11.9 Å². The lowest BCUT2D eigenvalue weighted by Gasteiger charge is -2.15. The van der Waals surface area contributed by atoms with Crippen LogP contribution in [0, 0.1) is 11.8 Å². The van der Waals surface area contributed by atoms with E-state index in [-0.39, 0.29) is 11.8 Å². The third-order valence-corrected chi connectivity index (χ3v) is 3.03. The molecular weight excluding hydrogens is 240 g/mol. The molecule has 1 amide bonds. The molecule has 5 heteroatoms. The summed E-state index contributed by atoms with van der Waals surface area (Å²) in [6, 6.07) is 1.89. The molecule has 0 saturated heterocycles. The van der Waals surface area contributed by atoms with E-state index in [4.69, 9.17) is 5.73 Å². The highest BCUT2D eigenvalue weighted by Crippen LogP contribution is 2.15.